The van der Waals surface area contributed by atoms with Crippen molar-refractivity contribution in [3.05, 3.63) is 0 Å². The first-order valence-corrected chi connectivity index (χ1v) is 5.34. The van der Waals surface area contributed by atoms with Crippen LogP contribution in [-0.4, -0.2) is 56.1 Å². The van der Waals surface area contributed by atoms with E-state index in [1.54, 1.807) is 0 Å². The quantitative estimate of drug-likeness (QED) is 0.632. The molecule has 0 saturated carbocycles. The molecule has 2 fully saturated rings. The van der Waals surface area contributed by atoms with Gasteiger partial charge in [-0.1, -0.05) is 0 Å². The number of hydrogen-bond donors (Lipinski definition) is 1. The molecule has 2 saturated heterocycles. The molecular weight excluding hydrogens is 200 g/mol. The van der Waals surface area contributed by atoms with E-state index in [1.165, 1.54) is 0 Å². The van der Waals surface area contributed by atoms with Crippen molar-refractivity contribution in [2.75, 3.05) is 33.0 Å². The third kappa shape index (κ3) is 3.39. The fourth-order valence-electron chi connectivity index (χ4n) is 1.60. The molecule has 0 aliphatic carbocycles. The lowest BCUT2D eigenvalue weighted by atomic mass is 10.2. The molecule has 2 rings (SSSR count). The van der Waals surface area contributed by atoms with Gasteiger partial charge in [0.1, 0.15) is 12.2 Å². The zero-order valence-corrected chi connectivity index (χ0v) is 8.98. The third-order valence-electron chi connectivity index (χ3n) is 2.57. The maximum absolute atomic E-state index is 8.83. The lowest BCUT2D eigenvalue weighted by molar-refractivity contribution is -0.168. The van der Waals surface area contributed by atoms with Gasteiger partial charge in [-0.3, -0.25) is 0 Å². The Morgan fingerprint density at radius 2 is 2.07 bits per heavy atom. The van der Waals surface area contributed by atoms with Crippen molar-refractivity contribution in [1.29, 1.82) is 0 Å². The smallest absolute Gasteiger partial charge is 0.168 e. The lowest BCUT2D eigenvalue weighted by Crippen LogP contribution is -2.29. The monoisotopic (exact) mass is 218 g/mol. The van der Waals surface area contributed by atoms with Crippen LogP contribution in [0, 0.1) is 0 Å². The first-order valence-electron chi connectivity index (χ1n) is 5.34. The summed E-state index contributed by atoms with van der Waals surface area (Å²) in [6.07, 6.45) is 0.756. The van der Waals surface area contributed by atoms with Gasteiger partial charge in [0.05, 0.1) is 26.4 Å². The summed E-state index contributed by atoms with van der Waals surface area (Å²) < 4.78 is 21.6. The Morgan fingerprint density at radius 3 is 2.73 bits per heavy atom. The van der Waals surface area contributed by atoms with E-state index in [0.29, 0.717) is 26.2 Å². The zero-order valence-electron chi connectivity index (χ0n) is 8.98. The summed E-state index contributed by atoms with van der Waals surface area (Å²) in [6.45, 7) is 4.41. The van der Waals surface area contributed by atoms with E-state index in [1.807, 2.05) is 6.92 Å². The molecule has 0 aromatic rings. The Bertz CT molecular complexity index is 206. The predicted octanol–water partition coefficient (Wildman–Crippen LogP) is -0.0842. The van der Waals surface area contributed by atoms with Crippen LogP contribution in [0.5, 0.6) is 0 Å². The molecule has 3 unspecified atom stereocenters. The second-order valence-corrected chi connectivity index (χ2v) is 4.15. The molecule has 0 amide bonds. The van der Waals surface area contributed by atoms with Crippen LogP contribution in [0.4, 0.5) is 0 Å². The van der Waals surface area contributed by atoms with Crippen molar-refractivity contribution in [1.82, 2.24) is 0 Å². The minimum Gasteiger partial charge on any atom is -0.396 e. The maximum Gasteiger partial charge on any atom is 0.168 e. The molecule has 1 N–H and O–H groups in total. The number of rotatable bonds is 6. The summed E-state index contributed by atoms with van der Waals surface area (Å²) in [7, 11) is 0. The second kappa shape index (κ2) is 4.76. The predicted molar refractivity (Wildman–Crippen MR) is 51.5 cm³/mol. The summed E-state index contributed by atoms with van der Waals surface area (Å²) in [5, 5.41) is 8.83. The lowest BCUT2D eigenvalue weighted by Gasteiger charge is -2.21. The number of hydrogen-bond acceptors (Lipinski definition) is 5. The van der Waals surface area contributed by atoms with E-state index in [9.17, 15) is 0 Å². The van der Waals surface area contributed by atoms with Gasteiger partial charge < -0.3 is 24.1 Å². The SMILES string of the molecule is CC1(CCO)OCC(COCC2CO2)O1. The van der Waals surface area contributed by atoms with E-state index in [-0.39, 0.29) is 18.8 Å². The van der Waals surface area contributed by atoms with Crippen molar-refractivity contribution in [3.8, 4) is 0 Å². The van der Waals surface area contributed by atoms with Gasteiger partial charge in [-0.2, -0.15) is 0 Å². The van der Waals surface area contributed by atoms with E-state index in [0.717, 1.165) is 6.61 Å². The molecular formula is C10H18O5. The van der Waals surface area contributed by atoms with Crippen LogP contribution in [0.1, 0.15) is 13.3 Å². The van der Waals surface area contributed by atoms with Crippen LogP contribution < -0.4 is 0 Å². The van der Waals surface area contributed by atoms with Gasteiger partial charge in [-0.15, -0.1) is 0 Å². The fourth-order valence-corrected chi connectivity index (χ4v) is 1.60. The maximum atomic E-state index is 8.83. The summed E-state index contributed by atoms with van der Waals surface area (Å²) in [5.41, 5.74) is 0. The molecule has 0 aromatic heterocycles. The Morgan fingerprint density at radius 1 is 1.33 bits per heavy atom. The summed E-state index contributed by atoms with van der Waals surface area (Å²) >= 11 is 0. The van der Waals surface area contributed by atoms with E-state index in [2.05, 4.69) is 0 Å². The van der Waals surface area contributed by atoms with Crippen LogP contribution in [0.3, 0.4) is 0 Å². The highest BCUT2D eigenvalue weighted by Crippen LogP contribution is 2.26. The Kier molecular flexibility index (Phi) is 3.58. The Hall–Kier alpha value is -0.200. The van der Waals surface area contributed by atoms with Gasteiger partial charge in [-0.05, 0) is 6.92 Å². The highest BCUT2D eigenvalue weighted by molar-refractivity contribution is 4.75. The average Bonchev–Trinajstić information content (AvgIpc) is 2.92. The van der Waals surface area contributed by atoms with Crippen molar-refractivity contribution in [2.24, 2.45) is 0 Å². The topological polar surface area (TPSA) is 60.5 Å². The molecule has 2 aliphatic heterocycles. The summed E-state index contributed by atoms with van der Waals surface area (Å²) in [4.78, 5) is 0. The number of aliphatic hydroxyl groups excluding tert-OH is 1. The third-order valence-corrected chi connectivity index (χ3v) is 2.57. The van der Waals surface area contributed by atoms with Gasteiger partial charge in [0.25, 0.3) is 0 Å². The first-order chi connectivity index (χ1) is 7.22. The Balaban J connectivity index is 1.62. The molecule has 0 aromatic carbocycles. The molecule has 5 nitrogen and oxygen atoms in total. The zero-order chi connectivity index (χ0) is 10.7. The molecule has 0 spiro atoms. The minimum atomic E-state index is -0.640. The first kappa shape index (κ1) is 11.3. The average molecular weight is 218 g/mol. The van der Waals surface area contributed by atoms with Crippen LogP contribution in [0.15, 0.2) is 0 Å². The summed E-state index contributed by atoms with van der Waals surface area (Å²) in [5.74, 6) is -0.640. The second-order valence-electron chi connectivity index (χ2n) is 4.15. The van der Waals surface area contributed by atoms with E-state index in [4.69, 9.17) is 24.1 Å². The Labute approximate surface area is 89.3 Å². The van der Waals surface area contributed by atoms with Crippen molar-refractivity contribution < 1.29 is 24.1 Å². The van der Waals surface area contributed by atoms with Crippen molar-refractivity contribution in [3.63, 3.8) is 0 Å². The van der Waals surface area contributed by atoms with Gasteiger partial charge in [-0.25, -0.2) is 0 Å². The number of ether oxygens (including phenoxy) is 4. The number of epoxide rings is 1. The summed E-state index contributed by atoms with van der Waals surface area (Å²) in [6, 6.07) is 0. The van der Waals surface area contributed by atoms with Gasteiger partial charge in [0.2, 0.25) is 0 Å². The molecule has 2 heterocycles. The highest BCUT2D eigenvalue weighted by atomic mass is 16.7. The minimum absolute atomic E-state index is 0.0275. The normalized spacial score (nSPS) is 39.6. The molecule has 88 valence electrons. The van der Waals surface area contributed by atoms with Crippen LogP contribution in [0.2, 0.25) is 0 Å². The van der Waals surface area contributed by atoms with E-state index < -0.39 is 5.79 Å². The molecule has 15 heavy (non-hydrogen) atoms. The molecule has 2 aliphatic rings. The van der Waals surface area contributed by atoms with Gasteiger partial charge >= 0.3 is 0 Å². The standard InChI is InChI=1S/C10H18O5/c1-10(2-3-11)14-7-9(15-10)5-12-4-8-6-13-8/h8-9,11H,2-7H2,1H3. The van der Waals surface area contributed by atoms with Gasteiger partial charge in [0.15, 0.2) is 5.79 Å². The largest absolute Gasteiger partial charge is 0.396 e. The van der Waals surface area contributed by atoms with Crippen molar-refractivity contribution in [2.45, 2.75) is 31.3 Å². The fraction of sp³-hybridized carbons (Fsp3) is 1.00. The van der Waals surface area contributed by atoms with Crippen LogP contribution in [-0.2, 0) is 18.9 Å². The van der Waals surface area contributed by atoms with Gasteiger partial charge in [0, 0.05) is 13.0 Å². The van der Waals surface area contributed by atoms with Crippen LogP contribution in [0.25, 0.3) is 0 Å². The molecule has 3 atom stereocenters. The number of aliphatic hydroxyl groups is 1. The molecule has 5 heteroatoms. The molecule has 0 radical (unpaired) electrons. The molecule has 0 bridgehead atoms. The van der Waals surface area contributed by atoms with Crippen LogP contribution >= 0.6 is 0 Å². The van der Waals surface area contributed by atoms with Crippen molar-refractivity contribution >= 4 is 0 Å². The van der Waals surface area contributed by atoms with E-state index >= 15 is 0 Å². The highest BCUT2D eigenvalue weighted by Gasteiger charge is 2.36.